The number of fused-ring (bicyclic) bond motifs is 1. The molecule has 1 fully saturated rings. The first-order chi connectivity index (χ1) is 10.0. The molecule has 1 N–H and O–H groups in total. The van der Waals surface area contributed by atoms with E-state index >= 15 is 0 Å². The van der Waals surface area contributed by atoms with Gasteiger partial charge in [0.1, 0.15) is 0 Å². The van der Waals surface area contributed by atoms with Crippen LogP contribution in [0.3, 0.4) is 0 Å². The summed E-state index contributed by atoms with van der Waals surface area (Å²) >= 11 is 0. The van der Waals surface area contributed by atoms with Crippen molar-refractivity contribution in [2.45, 2.75) is 72.3 Å². The second kappa shape index (κ2) is 5.63. The van der Waals surface area contributed by atoms with Crippen LogP contribution in [0.4, 0.5) is 0 Å². The molecule has 1 saturated carbocycles. The Morgan fingerprint density at radius 3 is 2.64 bits per heavy atom. The molecule has 0 radical (unpaired) electrons. The highest BCUT2D eigenvalue weighted by atomic mass is 16.3. The van der Waals surface area contributed by atoms with E-state index in [0.29, 0.717) is 18.1 Å². The summed E-state index contributed by atoms with van der Waals surface area (Å²) in [6, 6.07) is 0. The van der Waals surface area contributed by atoms with E-state index in [-0.39, 0.29) is 16.7 Å². The minimum absolute atomic E-state index is 0.0227. The van der Waals surface area contributed by atoms with Crippen molar-refractivity contribution >= 4 is 5.78 Å². The van der Waals surface area contributed by atoms with Gasteiger partial charge in [-0.05, 0) is 62.4 Å². The molecule has 4 atom stereocenters. The third kappa shape index (κ3) is 2.95. The van der Waals surface area contributed by atoms with Gasteiger partial charge in [-0.25, -0.2) is 0 Å². The maximum atomic E-state index is 12.7. The maximum Gasteiger partial charge on any atom is 0.159 e. The fraction of sp³-hybridized carbons (Fsp3) is 0.750. The zero-order chi connectivity index (χ0) is 16.8. The Labute approximate surface area is 135 Å². The molecule has 0 aromatic carbocycles. The molecule has 2 heteroatoms. The molecule has 0 heterocycles. The van der Waals surface area contributed by atoms with Gasteiger partial charge in [0.2, 0.25) is 0 Å². The number of carbonyl (C=O) groups is 1. The number of ketones is 1. The molecule has 0 amide bonds. The number of carbonyl (C=O) groups excluding carboxylic acids is 1. The predicted octanol–water partition coefficient (Wildman–Crippen LogP) is 4.68. The van der Waals surface area contributed by atoms with Gasteiger partial charge in [0.15, 0.2) is 5.78 Å². The summed E-state index contributed by atoms with van der Waals surface area (Å²) in [6.45, 7) is 14.4. The summed E-state index contributed by atoms with van der Waals surface area (Å²) in [5.74, 6) is 0.800. The van der Waals surface area contributed by atoms with Crippen molar-refractivity contribution in [2.24, 2.45) is 22.7 Å². The standard InChI is InChI=1S/C20H32O2/c1-7-19(5,22)12-9-15-14(2)13-16(21)17-18(3,4)10-8-11-20(15,17)6/h7,13,15,17,22H,1,8-12H2,2-6H3/t15-,17-,19-,20+/m0/s1. The van der Waals surface area contributed by atoms with Crippen LogP contribution in [0.15, 0.2) is 24.3 Å². The fourth-order valence-electron chi connectivity index (χ4n) is 5.22. The van der Waals surface area contributed by atoms with Crippen LogP contribution in [-0.2, 0) is 4.79 Å². The largest absolute Gasteiger partial charge is 0.386 e. The Hall–Kier alpha value is -0.890. The third-order valence-electron chi connectivity index (χ3n) is 6.36. The molecule has 2 aliphatic rings. The van der Waals surface area contributed by atoms with Crippen LogP contribution < -0.4 is 0 Å². The Bertz CT molecular complexity index is 498. The van der Waals surface area contributed by atoms with Gasteiger partial charge >= 0.3 is 0 Å². The van der Waals surface area contributed by atoms with Crippen molar-refractivity contribution < 1.29 is 9.90 Å². The van der Waals surface area contributed by atoms with Crippen LogP contribution >= 0.6 is 0 Å². The van der Waals surface area contributed by atoms with E-state index in [0.717, 1.165) is 19.3 Å². The molecule has 22 heavy (non-hydrogen) atoms. The highest BCUT2D eigenvalue weighted by Gasteiger charge is 2.55. The van der Waals surface area contributed by atoms with Gasteiger partial charge in [-0.2, -0.15) is 0 Å². The van der Waals surface area contributed by atoms with Crippen molar-refractivity contribution in [2.75, 3.05) is 0 Å². The number of rotatable bonds is 4. The second-order valence-electron chi connectivity index (χ2n) is 8.72. The zero-order valence-electron chi connectivity index (χ0n) is 14.9. The van der Waals surface area contributed by atoms with Gasteiger partial charge in [-0.1, -0.05) is 38.8 Å². The van der Waals surface area contributed by atoms with Crippen molar-refractivity contribution in [1.29, 1.82) is 0 Å². The summed E-state index contributed by atoms with van der Waals surface area (Å²) in [5, 5.41) is 10.3. The summed E-state index contributed by atoms with van der Waals surface area (Å²) in [4.78, 5) is 12.7. The van der Waals surface area contributed by atoms with Crippen LogP contribution in [0, 0.1) is 22.7 Å². The van der Waals surface area contributed by atoms with E-state index in [1.54, 1.807) is 6.08 Å². The lowest BCUT2D eigenvalue weighted by molar-refractivity contribution is -0.136. The molecule has 0 spiro atoms. The lowest BCUT2D eigenvalue weighted by Crippen LogP contribution is -2.52. The van der Waals surface area contributed by atoms with Gasteiger partial charge in [0, 0.05) is 5.92 Å². The fourth-order valence-corrected chi connectivity index (χ4v) is 5.22. The van der Waals surface area contributed by atoms with Crippen LogP contribution in [0.1, 0.15) is 66.7 Å². The number of aliphatic hydroxyl groups is 1. The summed E-state index contributed by atoms with van der Waals surface area (Å²) in [6.07, 6.45) is 8.55. The van der Waals surface area contributed by atoms with Gasteiger partial charge in [-0.15, -0.1) is 6.58 Å². The van der Waals surface area contributed by atoms with E-state index in [4.69, 9.17) is 0 Å². The Kier molecular flexibility index (Phi) is 4.47. The van der Waals surface area contributed by atoms with Crippen LogP contribution in [0.5, 0.6) is 0 Å². The monoisotopic (exact) mass is 304 g/mol. The smallest absolute Gasteiger partial charge is 0.159 e. The van der Waals surface area contributed by atoms with Gasteiger partial charge in [0.05, 0.1) is 5.60 Å². The molecular formula is C20H32O2. The molecule has 2 aliphatic carbocycles. The highest BCUT2D eigenvalue weighted by Crippen LogP contribution is 2.59. The van der Waals surface area contributed by atoms with Crippen LogP contribution in [-0.4, -0.2) is 16.5 Å². The Morgan fingerprint density at radius 2 is 2.05 bits per heavy atom. The van der Waals surface area contributed by atoms with Crippen molar-refractivity contribution in [1.82, 2.24) is 0 Å². The molecular weight excluding hydrogens is 272 g/mol. The Balaban J connectivity index is 2.34. The van der Waals surface area contributed by atoms with Gasteiger partial charge in [0.25, 0.3) is 0 Å². The van der Waals surface area contributed by atoms with Crippen molar-refractivity contribution in [3.8, 4) is 0 Å². The topological polar surface area (TPSA) is 37.3 Å². The zero-order valence-corrected chi connectivity index (χ0v) is 14.9. The molecule has 0 bridgehead atoms. The lowest BCUT2D eigenvalue weighted by atomic mass is 9.47. The summed E-state index contributed by atoms with van der Waals surface area (Å²) in [7, 11) is 0. The highest BCUT2D eigenvalue weighted by molar-refractivity contribution is 5.94. The van der Waals surface area contributed by atoms with Crippen molar-refractivity contribution in [3.63, 3.8) is 0 Å². The second-order valence-corrected chi connectivity index (χ2v) is 8.72. The Morgan fingerprint density at radius 1 is 1.41 bits per heavy atom. The molecule has 124 valence electrons. The van der Waals surface area contributed by atoms with Crippen molar-refractivity contribution in [3.05, 3.63) is 24.3 Å². The lowest BCUT2D eigenvalue weighted by Gasteiger charge is -2.56. The minimum Gasteiger partial charge on any atom is -0.386 e. The van der Waals surface area contributed by atoms with E-state index in [2.05, 4.69) is 34.3 Å². The molecule has 2 rings (SSSR count). The minimum atomic E-state index is -0.822. The molecule has 0 aromatic heterocycles. The molecule has 0 saturated heterocycles. The van der Waals surface area contributed by atoms with Gasteiger partial charge < -0.3 is 5.11 Å². The first kappa shape index (κ1) is 17.5. The average molecular weight is 304 g/mol. The molecule has 2 nitrogen and oxygen atoms in total. The quantitative estimate of drug-likeness (QED) is 0.766. The van der Waals surface area contributed by atoms with Crippen LogP contribution in [0.25, 0.3) is 0 Å². The predicted molar refractivity (Wildman–Crippen MR) is 91.5 cm³/mol. The van der Waals surface area contributed by atoms with E-state index < -0.39 is 5.60 Å². The maximum absolute atomic E-state index is 12.7. The summed E-state index contributed by atoms with van der Waals surface area (Å²) in [5.41, 5.74) is 0.467. The van der Waals surface area contributed by atoms with Gasteiger partial charge in [-0.3, -0.25) is 4.79 Å². The van der Waals surface area contributed by atoms with E-state index in [1.165, 1.54) is 12.0 Å². The van der Waals surface area contributed by atoms with E-state index in [9.17, 15) is 9.90 Å². The normalized spacial score (nSPS) is 37.0. The number of hydrogen-bond donors (Lipinski definition) is 1. The number of hydrogen-bond acceptors (Lipinski definition) is 2. The first-order valence-electron chi connectivity index (χ1n) is 8.61. The number of allylic oxidation sites excluding steroid dienone is 2. The summed E-state index contributed by atoms with van der Waals surface area (Å²) < 4.78 is 0. The molecule has 0 aliphatic heterocycles. The average Bonchev–Trinajstić information content (AvgIpc) is 2.36. The van der Waals surface area contributed by atoms with Crippen LogP contribution in [0.2, 0.25) is 0 Å². The molecule has 0 aromatic rings. The van der Waals surface area contributed by atoms with E-state index in [1.807, 2.05) is 13.0 Å². The molecule has 0 unspecified atom stereocenters. The SMILES string of the molecule is C=C[C@](C)(O)CC[C@H]1C(C)=CC(=O)[C@H]2C(C)(C)CCC[C@]12C. The first-order valence-corrected chi connectivity index (χ1v) is 8.61. The third-order valence-corrected chi connectivity index (χ3v) is 6.36.